The Labute approximate surface area is 220 Å². The first-order chi connectivity index (χ1) is 17.8. The van der Waals surface area contributed by atoms with Crippen LogP contribution < -0.4 is 4.90 Å². The first kappa shape index (κ1) is 24.2. The molecule has 2 aromatic rings. The number of nitrogens with zero attached hydrogens (tertiary/aromatic N) is 3. The van der Waals surface area contributed by atoms with E-state index in [4.69, 9.17) is 0 Å². The molecule has 6 rings (SSSR count). The molecule has 2 fully saturated rings. The molecule has 4 aliphatic rings. The largest absolute Gasteiger partial charge is 0.396 e. The number of likely N-dealkylation sites (tertiary alicyclic amines) is 1. The Balaban J connectivity index is 1.47. The van der Waals surface area contributed by atoms with Crippen molar-refractivity contribution in [3.8, 4) is 0 Å². The van der Waals surface area contributed by atoms with Crippen molar-refractivity contribution in [1.29, 1.82) is 0 Å². The number of thioether (sulfide) groups is 1. The van der Waals surface area contributed by atoms with E-state index in [9.17, 15) is 19.5 Å². The number of amides is 3. The van der Waals surface area contributed by atoms with Gasteiger partial charge in [0, 0.05) is 43.7 Å². The van der Waals surface area contributed by atoms with Gasteiger partial charge in [0.2, 0.25) is 11.8 Å². The number of fused-ring (bicyclic) bond motifs is 3. The lowest BCUT2D eigenvalue weighted by atomic mass is 9.74. The maximum absolute atomic E-state index is 14.4. The molecular weight excluding hydrogens is 486 g/mol. The van der Waals surface area contributed by atoms with E-state index in [1.165, 1.54) is 0 Å². The predicted molar refractivity (Wildman–Crippen MR) is 145 cm³/mol. The molecule has 1 spiro atoms. The standard InChI is InChI=1S/C29H31N3O4S/c1-28-12-5-14-30(2)25(34)22(28)23-26(35)32(16-7-17-33)24-27(36)31(15-6-13-29(23,24)37-28)21-11-10-19-8-3-4-9-20(19)18-21/h3-6,8-13,18,22-24,33H,7,14-17H2,1-2H3/t22-,23+,24?,28+,29+/m1/s1. The normalized spacial score (nSPS) is 33.0. The molecular formula is C29H31N3O4S. The topological polar surface area (TPSA) is 81.2 Å². The van der Waals surface area contributed by atoms with Crippen molar-refractivity contribution in [2.24, 2.45) is 11.8 Å². The number of rotatable bonds is 4. The van der Waals surface area contributed by atoms with Crippen molar-refractivity contribution in [3.63, 3.8) is 0 Å². The van der Waals surface area contributed by atoms with Gasteiger partial charge in [-0.05, 0) is 36.2 Å². The van der Waals surface area contributed by atoms with Crippen molar-refractivity contribution in [2.45, 2.75) is 28.9 Å². The zero-order chi connectivity index (χ0) is 25.9. The highest BCUT2D eigenvalue weighted by atomic mass is 32.2. The molecule has 2 aromatic carbocycles. The maximum Gasteiger partial charge on any atom is 0.251 e. The van der Waals surface area contributed by atoms with Crippen LogP contribution in [0.2, 0.25) is 0 Å². The Morgan fingerprint density at radius 3 is 2.49 bits per heavy atom. The molecule has 0 saturated carbocycles. The van der Waals surface area contributed by atoms with Gasteiger partial charge in [-0.25, -0.2) is 0 Å². The fraction of sp³-hybridized carbons (Fsp3) is 0.414. The summed E-state index contributed by atoms with van der Waals surface area (Å²) in [6, 6.07) is 13.2. The zero-order valence-electron chi connectivity index (χ0n) is 21.0. The molecule has 2 saturated heterocycles. The second kappa shape index (κ2) is 8.74. The molecule has 4 aliphatic heterocycles. The number of aliphatic hydroxyl groups excluding tert-OH is 1. The fourth-order valence-electron chi connectivity index (χ4n) is 6.70. The van der Waals surface area contributed by atoms with E-state index in [2.05, 4.69) is 6.08 Å². The summed E-state index contributed by atoms with van der Waals surface area (Å²) in [4.78, 5) is 47.3. The SMILES string of the molecule is CN1CC=C[C@]2(C)S[C@]34C=CCN(c5ccc6ccccc6c5)C(=O)C3N(CCCO)C(=O)[C@@H]4[C@@H]2C1=O. The summed E-state index contributed by atoms with van der Waals surface area (Å²) in [5.41, 5.74) is 0.780. The Kier molecular flexibility index (Phi) is 5.73. The molecule has 7 nitrogen and oxygen atoms in total. The maximum atomic E-state index is 14.4. The lowest BCUT2D eigenvalue weighted by Gasteiger charge is -2.36. The van der Waals surface area contributed by atoms with E-state index >= 15 is 0 Å². The summed E-state index contributed by atoms with van der Waals surface area (Å²) < 4.78 is -1.47. The van der Waals surface area contributed by atoms with Crippen molar-refractivity contribution >= 4 is 45.9 Å². The van der Waals surface area contributed by atoms with E-state index in [-0.39, 0.29) is 30.9 Å². The average molecular weight is 518 g/mol. The molecule has 1 unspecified atom stereocenters. The van der Waals surface area contributed by atoms with Crippen molar-refractivity contribution < 1.29 is 19.5 Å². The van der Waals surface area contributed by atoms with Gasteiger partial charge in [0.25, 0.3) is 5.91 Å². The lowest BCUT2D eigenvalue weighted by Crippen LogP contribution is -2.53. The van der Waals surface area contributed by atoms with Gasteiger partial charge in [-0.1, -0.05) is 54.6 Å². The van der Waals surface area contributed by atoms with Crippen molar-refractivity contribution in [3.05, 3.63) is 66.8 Å². The smallest absolute Gasteiger partial charge is 0.251 e. The Hall–Kier alpha value is -3.10. The molecule has 192 valence electrons. The number of hydrogen-bond acceptors (Lipinski definition) is 5. The number of aliphatic hydroxyl groups is 1. The van der Waals surface area contributed by atoms with E-state index in [1.54, 1.807) is 33.5 Å². The average Bonchev–Trinajstić information content (AvgIpc) is 3.16. The third kappa shape index (κ3) is 3.49. The monoisotopic (exact) mass is 517 g/mol. The third-order valence-corrected chi connectivity index (χ3v) is 10.2. The highest BCUT2D eigenvalue weighted by molar-refractivity contribution is 8.02. The number of likely N-dealkylation sites (N-methyl/N-ethyl adjacent to an activating group) is 1. The van der Waals surface area contributed by atoms with Crippen LogP contribution in [-0.2, 0) is 14.4 Å². The molecule has 37 heavy (non-hydrogen) atoms. The minimum Gasteiger partial charge on any atom is -0.396 e. The number of anilines is 1. The minimum absolute atomic E-state index is 0.0607. The summed E-state index contributed by atoms with van der Waals surface area (Å²) in [5, 5.41) is 11.7. The van der Waals surface area contributed by atoms with Crippen LogP contribution in [0.25, 0.3) is 10.8 Å². The van der Waals surface area contributed by atoms with Gasteiger partial charge >= 0.3 is 0 Å². The molecule has 4 heterocycles. The molecule has 0 aromatic heterocycles. The molecule has 1 N–H and O–H groups in total. The fourth-order valence-corrected chi connectivity index (χ4v) is 8.86. The molecule has 0 radical (unpaired) electrons. The van der Waals surface area contributed by atoms with E-state index < -0.39 is 27.4 Å². The van der Waals surface area contributed by atoms with Crippen molar-refractivity contribution in [1.82, 2.24) is 9.80 Å². The Bertz CT molecular complexity index is 1360. The van der Waals surface area contributed by atoms with Crippen LogP contribution in [-0.4, -0.2) is 81.5 Å². The van der Waals surface area contributed by atoms with Crippen LogP contribution >= 0.6 is 11.8 Å². The number of benzene rings is 2. The molecule has 0 bridgehead atoms. The van der Waals surface area contributed by atoms with Gasteiger partial charge in [-0.15, -0.1) is 11.8 Å². The summed E-state index contributed by atoms with van der Waals surface area (Å²) in [7, 11) is 1.77. The number of hydrogen-bond donors (Lipinski definition) is 1. The van der Waals surface area contributed by atoms with E-state index in [0.717, 1.165) is 16.5 Å². The van der Waals surface area contributed by atoms with Crippen LogP contribution in [0, 0.1) is 11.8 Å². The van der Waals surface area contributed by atoms with Gasteiger partial charge in [0.15, 0.2) is 0 Å². The highest BCUT2D eigenvalue weighted by Crippen LogP contribution is 2.65. The number of carbonyl (C=O) groups is 3. The van der Waals surface area contributed by atoms with Gasteiger partial charge in [-0.3, -0.25) is 14.4 Å². The highest BCUT2D eigenvalue weighted by Gasteiger charge is 2.73. The molecule has 8 heteroatoms. The van der Waals surface area contributed by atoms with Gasteiger partial charge < -0.3 is 19.8 Å². The molecule has 3 amide bonds. The number of carbonyl (C=O) groups excluding carboxylic acids is 3. The minimum atomic E-state index is -0.868. The van der Waals surface area contributed by atoms with Gasteiger partial charge in [0.05, 0.1) is 16.6 Å². The zero-order valence-corrected chi connectivity index (χ0v) is 21.9. The van der Waals surface area contributed by atoms with Crippen LogP contribution in [0.4, 0.5) is 5.69 Å². The van der Waals surface area contributed by atoms with Crippen molar-refractivity contribution in [2.75, 3.05) is 38.2 Å². The second-order valence-corrected chi connectivity index (χ2v) is 12.4. The van der Waals surface area contributed by atoms with Crippen LogP contribution in [0.5, 0.6) is 0 Å². The van der Waals surface area contributed by atoms with E-state index in [0.29, 0.717) is 19.5 Å². The quantitative estimate of drug-likeness (QED) is 0.631. The summed E-state index contributed by atoms with van der Waals surface area (Å²) in [5.74, 6) is -1.60. The summed E-state index contributed by atoms with van der Waals surface area (Å²) in [6.45, 7) is 3.10. The Morgan fingerprint density at radius 2 is 1.70 bits per heavy atom. The van der Waals surface area contributed by atoms with Crippen LogP contribution in [0.1, 0.15) is 13.3 Å². The van der Waals surface area contributed by atoms with Gasteiger partial charge in [0.1, 0.15) is 6.04 Å². The first-order valence-corrected chi connectivity index (χ1v) is 13.6. The first-order valence-electron chi connectivity index (χ1n) is 12.8. The lowest BCUT2D eigenvalue weighted by molar-refractivity contribution is -0.143. The summed E-state index contributed by atoms with van der Waals surface area (Å²) >= 11 is 1.58. The van der Waals surface area contributed by atoms with E-state index in [1.807, 2.05) is 67.6 Å². The van der Waals surface area contributed by atoms with Crippen LogP contribution in [0.15, 0.2) is 66.8 Å². The van der Waals surface area contributed by atoms with Crippen LogP contribution in [0.3, 0.4) is 0 Å². The molecule has 5 atom stereocenters. The predicted octanol–water partition coefficient (Wildman–Crippen LogP) is 2.84. The second-order valence-electron chi connectivity index (χ2n) is 10.6. The summed E-state index contributed by atoms with van der Waals surface area (Å²) in [6.07, 6.45) is 8.45. The molecule has 0 aliphatic carbocycles. The third-order valence-electron chi connectivity index (χ3n) is 8.36. The Morgan fingerprint density at radius 1 is 0.946 bits per heavy atom. The van der Waals surface area contributed by atoms with Gasteiger partial charge in [-0.2, -0.15) is 0 Å².